The van der Waals surface area contributed by atoms with Crippen LogP contribution in [0.3, 0.4) is 0 Å². The molecule has 1 amide bonds. The van der Waals surface area contributed by atoms with Gasteiger partial charge in [0.15, 0.2) is 0 Å². The molecule has 1 aromatic carbocycles. The molecule has 1 aromatic rings. The van der Waals surface area contributed by atoms with Gasteiger partial charge in [0.05, 0.1) is 5.56 Å². The average Bonchev–Trinajstić information content (AvgIpc) is 2.27. The molecular formula is C13H18BrFN2O. The quantitative estimate of drug-likeness (QED) is 0.928. The number of nitrogens with two attached hydrogens (primary N) is 1. The van der Waals surface area contributed by atoms with Gasteiger partial charge in [-0.3, -0.25) is 4.79 Å². The van der Waals surface area contributed by atoms with E-state index in [2.05, 4.69) is 15.9 Å². The maximum absolute atomic E-state index is 13.0. The van der Waals surface area contributed by atoms with Crippen molar-refractivity contribution in [3.05, 3.63) is 34.1 Å². The number of rotatable bonds is 4. The molecule has 1 rings (SSSR count). The second kappa shape index (κ2) is 5.80. The van der Waals surface area contributed by atoms with Crippen LogP contribution in [0.15, 0.2) is 22.7 Å². The van der Waals surface area contributed by atoms with Gasteiger partial charge in [0, 0.05) is 18.1 Å². The van der Waals surface area contributed by atoms with Gasteiger partial charge in [-0.05, 0) is 46.1 Å². The summed E-state index contributed by atoms with van der Waals surface area (Å²) in [6.45, 7) is 5.04. The van der Waals surface area contributed by atoms with Gasteiger partial charge < -0.3 is 10.6 Å². The first-order valence-corrected chi connectivity index (χ1v) is 6.47. The lowest BCUT2D eigenvalue weighted by atomic mass is 9.93. The number of hydrogen-bond acceptors (Lipinski definition) is 2. The van der Waals surface area contributed by atoms with E-state index in [1.165, 1.54) is 18.2 Å². The Morgan fingerprint density at radius 1 is 1.50 bits per heavy atom. The molecule has 0 aliphatic rings. The molecule has 0 spiro atoms. The lowest BCUT2D eigenvalue weighted by Gasteiger charge is -2.29. The minimum Gasteiger partial charge on any atom is -0.341 e. The number of carbonyl (C=O) groups excluding carboxylic acids is 1. The van der Waals surface area contributed by atoms with Crippen molar-refractivity contribution in [1.29, 1.82) is 0 Å². The first-order valence-electron chi connectivity index (χ1n) is 5.67. The Bertz CT molecular complexity index is 449. The first kappa shape index (κ1) is 15.1. The molecule has 5 heteroatoms. The van der Waals surface area contributed by atoms with E-state index in [1.807, 2.05) is 13.8 Å². The Kier molecular flexibility index (Phi) is 4.87. The fourth-order valence-electron chi connectivity index (χ4n) is 1.65. The largest absolute Gasteiger partial charge is 0.341 e. The van der Waals surface area contributed by atoms with Gasteiger partial charge in [-0.25, -0.2) is 4.39 Å². The van der Waals surface area contributed by atoms with Crippen molar-refractivity contribution in [2.45, 2.75) is 13.8 Å². The molecule has 3 nitrogen and oxygen atoms in total. The van der Waals surface area contributed by atoms with Crippen molar-refractivity contribution < 1.29 is 9.18 Å². The van der Waals surface area contributed by atoms with E-state index in [9.17, 15) is 9.18 Å². The van der Waals surface area contributed by atoms with Gasteiger partial charge in [0.1, 0.15) is 5.82 Å². The molecule has 100 valence electrons. The van der Waals surface area contributed by atoms with Crippen molar-refractivity contribution in [3.63, 3.8) is 0 Å². The Hall–Kier alpha value is -0.940. The zero-order chi connectivity index (χ0) is 13.9. The third-order valence-electron chi connectivity index (χ3n) is 2.73. The van der Waals surface area contributed by atoms with Crippen LogP contribution in [-0.2, 0) is 0 Å². The van der Waals surface area contributed by atoms with Crippen LogP contribution in [-0.4, -0.2) is 30.9 Å². The second-order valence-corrected chi connectivity index (χ2v) is 6.01. The first-order chi connectivity index (χ1) is 8.26. The highest BCUT2D eigenvalue weighted by atomic mass is 79.9. The van der Waals surface area contributed by atoms with Gasteiger partial charge in [0.25, 0.3) is 5.91 Å². The van der Waals surface area contributed by atoms with Crippen molar-refractivity contribution >= 4 is 21.8 Å². The number of benzene rings is 1. The molecule has 0 aromatic heterocycles. The zero-order valence-corrected chi connectivity index (χ0v) is 12.4. The van der Waals surface area contributed by atoms with E-state index in [0.29, 0.717) is 23.1 Å². The van der Waals surface area contributed by atoms with Crippen LogP contribution in [0.5, 0.6) is 0 Å². The molecular weight excluding hydrogens is 299 g/mol. The summed E-state index contributed by atoms with van der Waals surface area (Å²) in [5, 5.41) is 0. The number of carbonyl (C=O) groups is 1. The molecule has 2 N–H and O–H groups in total. The predicted octanol–water partition coefficient (Wildman–Crippen LogP) is 2.65. The summed E-state index contributed by atoms with van der Waals surface area (Å²) < 4.78 is 13.4. The molecule has 0 aliphatic carbocycles. The third kappa shape index (κ3) is 3.78. The van der Waals surface area contributed by atoms with E-state index in [-0.39, 0.29) is 17.1 Å². The van der Waals surface area contributed by atoms with Crippen LogP contribution in [0, 0.1) is 11.2 Å². The minimum atomic E-state index is -0.372. The lowest BCUT2D eigenvalue weighted by Crippen LogP contribution is -2.39. The number of hydrogen-bond donors (Lipinski definition) is 1. The van der Waals surface area contributed by atoms with Gasteiger partial charge in [0.2, 0.25) is 0 Å². The van der Waals surface area contributed by atoms with Gasteiger partial charge in [-0.1, -0.05) is 13.8 Å². The Morgan fingerprint density at radius 2 is 2.11 bits per heavy atom. The molecule has 0 unspecified atom stereocenters. The normalized spacial score (nSPS) is 11.4. The van der Waals surface area contributed by atoms with E-state index in [0.717, 1.165) is 0 Å². The smallest absolute Gasteiger partial charge is 0.254 e. The van der Waals surface area contributed by atoms with Crippen LogP contribution in [0.25, 0.3) is 0 Å². The van der Waals surface area contributed by atoms with Gasteiger partial charge >= 0.3 is 0 Å². The molecule has 0 atom stereocenters. The van der Waals surface area contributed by atoms with Crippen LogP contribution in [0.4, 0.5) is 4.39 Å². The number of nitrogens with zero attached hydrogens (tertiary/aromatic N) is 1. The van der Waals surface area contributed by atoms with Crippen molar-refractivity contribution in [2.24, 2.45) is 11.1 Å². The molecule has 18 heavy (non-hydrogen) atoms. The topological polar surface area (TPSA) is 46.3 Å². The summed E-state index contributed by atoms with van der Waals surface area (Å²) in [5.41, 5.74) is 5.96. The van der Waals surface area contributed by atoms with E-state index < -0.39 is 0 Å². The van der Waals surface area contributed by atoms with E-state index >= 15 is 0 Å². The molecule has 0 heterocycles. The summed E-state index contributed by atoms with van der Waals surface area (Å²) in [7, 11) is 1.72. The highest BCUT2D eigenvalue weighted by Gasteiger charge is 2.23. The maximum Gasteiger partial charge on any atom is 0.254 e. The van der Waals surface area contributed by atoms with Crippen molar-refractivity contribution in [3.8, 4) is 0 Å². The lowest BCUT2D eigenvalue weighted by molar-refractivity contribution is 0.0739. The number of amides is 1. The van der Waals surface area contributed by atoms with Gasteiger partial charge in [-0.15, -0.1) is 0 Å². The Morgan fingerprint density at radius 3 is 2.61 bits per heavy atom. The average molecular weight is 317 g/mol. The fourth-order valence-corrected chi connectivity index (χ4v) is 2.17. The third-order valence-corrected chi connectivity index (χ3v) is 3.38. The number of halogens is 2. The van der Waals surface area contributed by atoms with Crippen LogP contribution < -0.4 is 5.73 Å². The fraction of sp³-hybridized carbons (Fsp3) is 0.462. The van der Waals surface area contributed by atoms with Crippen molar-refractivity contribution in [1.82, 2.24) is 4.90 Å². The van der Waals surface area contributed by atoms with Crippen LogP contribution in [0.2, 0.25) is 0 Å². The molecule has 0 radical (unpaired) electrons. The maximum atomic E-state index is 13.0. The molecule has 0 bridgehead atoms. The summed E-state index contributed by atoms with van der Waals surface area (Å²) in [5.74, 6) is -0.522. The highest BCUT2D eigenvalue weighted by Crippen LogP contribution is 2.21. The van der Waals surface area contributed by atoms with Gasteiger partial charge in [-0.2, -0.15) is 0 Å². The van der Waals surface area contributed by atoms with Crippen LogP contribution in [0.1, 0.15) is 24.2 Å². The zero-order valence-electron chi connectivity index (χ0n) is 10.8. The van der Waals surface area contributed by atoms with E-state index in [1.54, 1.807) is 11.9 Å². The minimum absolute atomic E-state index is 0.142. The summed E-state index contributed by atoms with van der Waals surface area (Å²) >= 11 is 3.20. The summed E-state index contributed by atoms with van der Waals surface area (Å²) in [4.78, 5) is 13.8. The van der Waals surface area contributed by atoms with E-state index in [4.69, 9.17) is 5.73 Å². The monoisotopic (exact) mass is 316 g/mol. The highest BCUT2D eigenvalue weighted by molar-refractivity contribution is 9.10. The Balaban J connectivity index is 2.87. The summed E-state index contributed by atoms with van der Waals surface area (Å²) in [6, 6.07) is 4.04. The second-order valence-electron chi connectivity index (χ2n) is 5.15. The van der Waals surface area contributed by atoms with Crippen LogP contribution >= 0.6 is 15.9 Å². The predicted molar refractivity (Wildman–Crippen MR) is 73.9 cm³/mol. The molecule has 0 saturated carbocycles. The molecule has 0 saturated heterocycles. The standard InChI is InChI=1S/C13H18BrFN2O/c1-13(2,7-16)8-17(3)12(18)10-5-4-9(15)6-11(10)14/h4-6H,7-8,16H2,1-3H3. The summed E-state index contributed by atoms with van der Waals surface area (Å²) in [6.07, 6.45) is 0. The Labute approximate surface area is 115 Å². The SMILES string of the molecule is CN(CC(C)(C)CN)C(=O)c1ccc(F)cc1Br. The van der Waals surface area contributed by atoms with Crippen molar-refractivity contribution in [2.75, 3.05) is 20.1 Å². The molecule has 0 fully saturated rings. The molecule has 0 aliphatic heterocycles.